The highest BCUT2D eigenvalue weighted by Crippen LogP contribution is 2.00. The summed E-state index contributed by atoms with van der Waals surface area (Å²) in [5.41, 5.74) is 5.51. The van der Waals surface area contributed by atoms with Crippen LogP contribution in [0.3, 0.4) is 0 Å². The van der Waals surface area contributed by atoms with Gasteiger partial charge in [0.25, 0.3) is 0 Å². The lowest BCUT2D eigenvalue weighted by molar-refractivity contribution is 0.0819. The maximum atomic E-state index is 9.15. The van der Waals surface area contributed by atoms with Crippen molar-refractivity contribution in [2.24, 2.45) is 5.73 Å². The molecule has 1 aliphatic heterocycles. The van der Waals surface area contributed by atoms with Crippen LogP contribution in [0.25, 0.3) is 0 Å². The molecule has 1 aliphatic rings. The van der Waals surface area contributed by atoms with E-state index in [2.05, 4.69) is 9.80 Å². The smallest absolute Gasteiger partial charge is 0.0639 e. The van der Waals surface area contributed by atoms with Crippen LogP contribution in [-0.4, -0.2) is 60.4 Å². The zero-order valence-corrected chi connectivity index (χ0v) is 7.74. The first-order valence-electron chi connectivity index (χ1n) is 4.55. The molecule has 0 aliphatic carbocycles. The Hall–Kier alpha value is -0.160. The van der Waals surface area contributed by atoms with Gasteiger partial charge in [0, 0.05) is 39.4 Å². The molecule has 0 saturated carbocycles. The van der Waals surface area contributed by atoms with E-state index >= 15 is 0 Å². The summed E-state index contributed by atoms with van der Waals surface area (Å²) < 4.78 is 0. The molecule has 1 heterocycles. The first-order chi connectivity index (χ1) is 5.72. The molecule has 72 valence electrons. The van der Waals surface area contributed by atoms with Crippen LogP contribution in [0.1, 0.15) is 6.92 Å². The minimum atomic E-state index is -0.213. The Balaban J connectivity index is 2.17. The minimum absolute atomic E-state index is 0.213. The van der Waals surface area contributed by atoms with Crippen LogP contribution >= 0.6 is 0 Å². The Bertz CT molecular complexity index is 121. The number of rotatable bonds is 3. The number of piperazine rings is 1. The summed E-state index contributed by atoms with van der Waals surface area (Å²) in [6, 6.07) is 0. The molecule has 4 heteroatoms. The maximum absolute atomic E-state index is 9.15. The first-order valence-corrected chi connectivity index (χ1v) is 4.55. The van der Waals surface area contributed by atoms with Crippen molar-refractivity contribution in [3.8, 4) is 0 Å². The predicted octanol–water partition coefficient (Wildman–Crippen LogP) is -1.10. The second kappa shape index (κ2) is 4.77. The Morgan fingerprint density at radius 2 is 1.75 bits per heavy atom. The van der Waals surface area contributed by atoms with Crippen LogP contribution in [0.4, 0.5) is 0 Å². The van der Waals surface area contributed by atoms with Crippen LogP contribution in [0.2, 0.25) is 0 Å². The zero-order valence-electron chi connectivity index (χ0n) is 7.74. The summed E-state index contributed by atoms with van der Waals surface area (Å²) in [7, 11) is 0. The van der Waals surface area contributed by atoms with Crippen molar-refractivity contribution in [2.45, 2.75) is 13.0 Å². The van der Waals surface area contributed by atoms with E-state index in [9.17, 15) is 0 Å². The maximum Gasteiger partial charge on any atom is 0.0639 e. The summed E-state index contributed by atoms with van der Waals surface area (Å²) in [6.45, 7) is 7.40. The van der Waals surface area contributed by atoms with E-state index < -0.39 is 0 Å². The van der Waals surface area contributed by atoms with Crippen molar-refractivity contribution >= 4 is 0 Å². The standard InChI is InChI=1S/C8H19N3O/c1-8(12)6-10-2-4-11(7-9)5-3-10/h8,12H,2-7,9H2,1H3. The SMILES string of the molecule is CC(O)CN1CCN(CN)CC1. The van der Waals surface area contributed by atoms with Gasteiger partial charge in [-0.05, 0) is 6.92 Å². The van der Waals surface area contributed by atoms with Gasteiger partial charge in [-0.25, -0.2) is 0 Å². The molecule has 0 aromatic carbocycles. The summed E-state index contributed by atoms with van der Waals surface area (Å²) >= 11 is 0. The number of hydrogen-bond acceptors (Lipinski definition) is 4. The largest absolute Gasteiger partial charge is 0.392 e. The molecule has 0 spiro atoms. The highest BCUT2D eigenvalue weighted by Gasteiger charge is 2.16. The summed E-state index contributed by atoms with van der Waals surface area (Å²) in [5, 5.41) is 9.15. The van der Waals surface area contributed by atoms with Gasteiger partial charge in [0.15, 0.2) is 0 Å². The highest BCUT2D eigenvalue weighted by molar-refractivity contribution is 4.71. The lowest BCUT2D eigenvalue weighted by Crippen LogP contribution is -2.49. The van der Waals surface area contributed by atoms with Gasteiger partial charge in [-0.2, -0.15) is 0 Å². The third-order valence-electron chi connectivity index (χ3n) is 2.25. The molecule has 0 bridgehead atoms. The zero-order chi connectivity index (χ0) is 8.97. The molecule has 0 aromatic rings. The number of nitrogens with two attached hydrogens (primary N) is 1. The fourth-order valence-corrected chi connectivity index (χ4v) is 1.53. The Labute approximate surface area is 73.9 Å². The molecular weight excluding hydrogens is 154 g/mol. The summed E-state index contributed by atoms with van der Waals surface area (Å²) in [4.78, 5) is 4.50. The van der Waals surface area contributed by atoms with Gasteiger partial charge < -0.3 is 10.8 Å². The van der Waals surface area contributed by atoms with Crippen molar-refractivity contribution in [1.29, 1.82) is 0 Å². The summed E-state index contributed by atoms with van der Waals surface area (Å²) in [6.07, 6.45) is -0.213. The second-order valence-electron chi connectivity index (χ2n) is 3.45. The Morgan fingerprint density at radius 3 is 2.17 bits per heavy atom. The Morgan fingerprint density at radius 1 is 1.25 bits per heavy atom. The first kappa shape index (κ1) is 9.92. The molecule has 0 radical (unpaired) electrons. The van der Waals surface area contributed by atoms with Gasteiger partial charge in [0.2, 0.25) is 0 Å². The van der Waals surface area contributed by atoms with Gasteiger partial charge in [-0.1, -0.05) is 0 Å². The van der Waals surface area contributed by atoms with E-state index in [4.69, 9.17) is 10.8 Å². The molecule has 3 N–H and O–H groups in total. The average molecular weight is 173 g/mol. The van der Waals surface area contributed by atoms with E-state index in [1.54, 1.807) is 0 Å². The highest BCUT2D eigenvalue weighted by atomic mass is 16.3. The van der Waals surface area contributed by atoms with Crippen LogP contribution in [-0.2, 0) is 0 Å². The van der Waals surface area contributed by atoms with Crippen molar-refractivity contribution in [1.82, 2.24) is 9.80 Å². The summed E-state index contributed by atoms with van der Waals surface area (Å²) in [5.74, 6) is 0. The van der Waals surface area contributed by atoms with E-state index in [1.165, 1.54) is 0 Å². The molecule has 1 unspecified atom stereocenters. The predicted molar refractivity (Wildman–Crippen MR) is 48.7 cm³/mol. The molecule has 0 amide bonds. The number of aliphatic hydroxyl groups excluding tert-OH is 1. The van der Waals surface area contributed by atoms with Crippen LogP contribution in [0.15, 0.2) is 0 Å². The van der Waals surface area contributed by atoms with E-state index in [0.717, 1.165) is 32.7 Å². The molecule has 4 nitrogen and oxygen atoms in total. The van der Waals surface area contributed by atoms with Gasteiger partial charge >= 0.3 is 0 Å². The fraction of sp³-hybridized carbons (Fsp3) is 1.00. The van der Waals surface area contributed by atoms with Gasteiger partial charge in [-0.15, -0.1) is 0 Å². The molecule has 0 aromatic heterocycles. The number of β-amino-alcohol motifs (C(OH)–C–C–N with tert-alkyl or cyclic N) is 1. The average Bonchev–Trinajstić information content (AvgIpc) is 2.05. The number of aliphatic hydroxyl groups is 1. The third-order valence-corrected chi connectivity index (χ3v) is 2.25. The Kier molecular flexibility index (Phi) is 3.94. The number of hydrogen-bond donors (Lipinski definition) is 2. The topological polar surface area (TPSA) is 52.7 Å². The lowest BCUT2D eigenvalue weighted by atomic mass is 10.3. The van der Waals surface area contributed by atoms with Crippen molar-refractivity contribution in [3.63, 3.8) is 0 Å². The molecule has 1 rings (SSSR count). The van der Waals surface area contributed by atoms with E-state index in [1.807, 2.05) is 6.92 Å². The number of nitrogens with zero attached hydrogens (tertiary/aromatic N) is 2. The van der Waals surface area contributed by atoms with E-state index in [-0.39, 0.29) is 6.10 Å². The van der Waals surface area contributed by atoms with Crippen molar-refractivity contribution in [3.05, 3.63) is 0 Å². The van der Waals surface area contributed by atoms with Crippen LogP contribution in [0.5, 0.6) is 0 Å². The second-order valence-corrected chi connectivity index (χ2v) is 3.45. The fourth-order valence-electron chi connectivity index (χ4n) is 1.53. The minimum Gasteiger partial charge on any atom is -0.392 e. The van der Waals surface area contributed by atoms with E-state index in [0.29, 0.717) is 6.67 Å². The van der Waals surface area contributed by atoms with Gasteiger partial charge in [0.05, 0.1) is 6.10 Å². The monoisotopic (exact) mass is 173 g/mol. The molecule has 12 heavy (non-hydrogen) atoms. The van der Waals surface area contributed by atoms with Crippen LogP contribution in [0, 0.1) is 0 Å². The lowest BCUT2D eigenvalue weighted by Gasteiger charge is -2.34. The quantitative estimate of drug-likeness (QED) is 0.569. The molecule has 1 saturated heterocycles. The van der Waals surface area contributed by atoms with Gasteiger partial charge in [-0.3, -0.25) is 9.80 Å². The molecular formula is C8H19N3O. The molecule has 1 fully saturated rings. The van der Waals surface area contributed by atoms with Crippen molar-refractivity contribution < 1.29 is 5.11 Å². The van der Waals surface area contributed by atoms with Gasteiger partial charge in [0.1, 0.15) is 0 Å². The molecule has 1 atom stereocenters. The van der Waals surface area contributed by atoms with Crippen LogP contribution < -0.4 is 5.73 Å². The normalized spacial score (nSPS) is 24.2. The third kappa shape index (κ3) is 3.06. The van der Waals surface area contributed by atoms with Crippen molar-refractivity contribution in [2.75, 3.05) is 39.4 Å².